The minimum Gasteiger partial charge on any atom is -0.506 e. The van der Waals surface area contributed by atoms with Gasteiger partial charge in [-0.2, -0.15) is 0 Å². The van der Waals surface area contributed by atoms with Crippen molar-refractivity contribution < 1.29 is 25.2 Å². The molecule has 0 aliphatic carbocycles. The third-order valence-corrected chi connectivity index (χ3v) is 6.97. The van der Waals surface area contributed by atoms with Crippen LogP contribution in [0.3, 0.4) is 0 Å². The van der Waals surface area contributed by atoms with Crippen molar-refractivity contribution in [2.75, 3.05) is 0 Å². The number of hydrogen-bond acceptors (Lipinski definition) is 4. The van der Waals surface area contributed by atoms with Gasteiger partial charge in [0.2, 0.25) is 0 Å². The number of hydrogen-bond donors (Lipinski definition) is 1. The van der Waals surface area contributed by atoms with Crippen molar-refractivity contribution in [2.24, 2.45) is 0 Å². The van der Waals surface area contributed by atoms with E-state index in [4.69, 9.17) is 4.98 Å². The first-order valence-electron chi connectivity index (χ1n) is 11.0. The van der Waals surface area contributed by atoms with Gasteiger partial charge in [-0.05, 0) is 24.3 Å². The molecule has 4 aromatic carbocycles. The van der Waals surface area contributed by atoms with Crippen LogP contribution in [0.1, 0.15) is 0 Å². The summed E-state index contributed by atoms with van der Waals surface area (Å²) in [6, 6.07) is 37.5. The van der Waals surface area contributed by atoms with Crippen LogP contribution in [0.25, 0.3) is 53.2 Å². The number of fused-ring (bicyclic) bond motifs is 6. The second-order valence-electron chi connectivity index (χ2n) is 7.91. The van der Waals surface area contributed by atoms with Crippen LogP contribution in [-0.2, 0) is 20.1 Å². The van der Waals surface area contributed by atoms with Gasteiger partial charge in [-0.3, -0.25) is 9.97 Å². The molecule has 3 nitrogen and oxygen atoms in total. The average Bonchev–Trinajstić information content (AvgIpc) is 3.29. The summed E-state index contributed by atoms with van der Waals surface area (Å²) in [5.74, 6) is 0.239. The summed E-state index contributed by atoms with van der Waals surface area (Å²) in [7, 11) is 0. The summed E-state index contributed by atoms with van der Waals surface area (Å²) in [4.78, 5) is 8.98. The van der Waals surface area contributed by atoms with Crippen LogP contribution in [0.15, 0.2) is 109 Å². The van der Waals surface area contributed by atoms with Crippen LogP contribution in [0.2, 0.25) is 0 Å². The Hall–Kier alpha value is -3.63. The van der Waals surface area contributed by atoms with E-state index in [9.17, 15) is 5.11 Å². The van der Waals surface area contributed by atoms with E-state index in [0.29, 0.717) is 5.52 Å². The van der Waals surface area contributed by atoms with Crippen LogP contribution in [0.4, 0.5) is 0 Å². The minimum atomic E-state index is 0. The Labute approximate surface area is 220 Å². The SMILES string of the molecule is Oc1cccc2cccnc12.[Ir].[c-]1ccccc1-c1nc2ccccc2c2c1sc1ccccc12. The van der Waals surface area contributed by atoms with Crippen LogP contribution in [0.5, 0.6) is 5.75 Å². The fourth-order valence-electron chi connectivity index (χ4n) is 4.24. The number of rotatable bonds is 1. The number of aromatic hydroxyl groups is 1. The van der Waals surface area contributed by atoms with Gasteiger partial charge in [0.25, 0.3) is 0 Å². The Bertz CT molecular complexity index is 1780. The standard InChI is InChI=1S/C21H12NS.C9H7NO.Ir/c1-2-8-14(9-3-1)20-21-19(15-10-4-6-12-17(15)22-20)16-11-5-7-13-18(16)23-21;11-8-5-1-3-7-4-2-6-10-9(7)8;/h1-8,10-13H;1-6,11H;/q-1;;. The van der Waals surface area contributed by atoms with Crippen molar-refractivity contribution in [3.63, 3.8) is 0 Å². The number of para-hydroxylation sites is 2. The van der Waals surface area contributed by atoms with Crippen LogP contribution < -0.4 is 0 Å². The smallest absolute Gasteiger partial charge is 0.141 e. The number of thiophene rings is 1. The van der Waals surface area contributed by atoms with Crippen molar-refractivity contribution in [3.8, 4) is 17.0 Å². The average molecular weight is 648 g/mol. The monoisotopic (exact) mass is 648 g/mol. The molecular formula is C30H19IrN2OS-. The molecule has 0 spiro atoms. The summed E-state index contributed by atoms with van der Waals surface area (Å²) in [5, 5.41) is 14.1. The van der Waals surface area contributed by atoms with E-state index in [1.165, 1.54) is 25.6 Å². The first-order valence-corrected chi connectivity index (χ1v) is 11.8. The first-order chi connectivity index (χ1) is 16.8. The summed E-state index contributed by atoms with van der Waals surface area (Å²) >= 11 is 1.82. The largest absolute Gasteiger partial charge is 0.506 e. The Morgan fingerprint density at radius 3 is 2.34 bits per heavy atom. The molecule has 0 fully saturated rings. The fourth-order valence-corrected chi connectivity index (χ4v) is 5.47. The van der Waals surface area contributed by atoms with E-state index in [-0.39, 0.29) is 25.9 Å². The number of phenolic OH excluding ortho intramolecular Hbond substituents is 1. The number of phenols is 1. The third-order valence-electron chi connectivity index (χ3n) is 5.79. The number of pyridine rings is 2. The number of aromatic nitrogens is 2. The maximum absolute atomic E-state index is 9.31. The molecule has 0 aliphatic rings. The minimum absolute atomic E-state index is 0. The molecule has 0 saturated heterocycles. The summed E-state index contributed by atoms with van der Waals surface area (Å²) < 4.78 is 2.55. The molecule has 0 saturated carbocycles. The number of benzene rings is 4. The molecule has 7 rings (SSSR count). The molecule has 0 unspecified atom stereocenters. The Morgan fingerprint density at radius 2 is 1.51 bits per heavy atom. The van der Waals surface area contributed by atoms with E-state index in [1.807, 2.05) is 53.8 Å². The molecule has 171 valence electrons. The van der Waals surface area contributed by atoms with E-state index < -0.39 is 0 Å². The van der Waals surface area contributed by atoms with E-state index in [0.717, 1.165) is 22.2 Å². The number of nitrogens with zero attached hydrogens (tertiary/aromatic N) is 2. The van der Waals surface area contributed by atoms with Crippen molar-refractivity contribution >= 4 is 53.3 Å². The quantitative estimate of drug-likeness (QED) is 0.184. The molecule has 0 aliphatic heterocycles. The fraction of sp³-hybridized carbons (Fsp3) is 0. The normalized spacial score (nSPS) is 10.7. The molecule has 3 heterocycles. The molecule has 7 aromatic rings. The van der Waals surface area contributed by atoms with Crippen LogP contribution in [-0.4, -0.2) is 15.1 Å². The van der Waals surface area contributed by atoms with E-state index in [1.54, 1.807) is 18.3 Å². The van der Waals surface area contributed by atoms with Crippen molar-refractivity contribution in [3.05, 3.63) is 115 Å². The van der Waals surface area contributed by atoms with Gasteiger partial charge < -0.3 is 5.11 Å². The second kappa shape index (κ2) is 9.93. The predicted molar refractivity (Wildman–Crippen MR) is 142 cm³/mol. The molecule has 5 heteroatoms. The van der Waals surface area contributed by atoms with Crippen LogP contribution in [0, 0.1) is 6.07 Å². The molecular weight excluding hydrogens is 629 g/mol. The summed E-state index contributed by atoms with van der Waals surface area (Å²) in [6.45, 7) is 0. The second-order valence-corrected chi connectivity index (χ2v) is 8.96. The first kappa shape index (κ1) is 23.1. The van der Waals surface area contributed by atoms with Gasteiger partial charge in [0, 0.05) is 62.9 Å². The van der Waals surface area contributed by atoms with Gasteiger partial charge in [-0.15, -0.1) is 47.2 Å². The zero-order valence-corrected chi connectivity index (χ0v) is 21.7. The molecule has 0 atom stereocenters. The van der Waals surface area contributed by atoms with E-state index in [2.05, 4.69) is 59.6 Å². The van der Waals surface area contributed by atoms with Gasteiger partial charge >= 0.3 is 0 Å². The van der Waals surface area contributed by atoms with Gasteiger partial charge in [0.1, 0.15) is 11.3 Å². The zero-order valence-electron chi connectivity index (χ0n) is 18.5. The molecule has 35 heavy (non-hydrogen) atoms. The molecule has 0 amide bonds. The Morgan fingerprint density at radius 1 is 0.743 bits per heavy atom. The molecule has 3 aromatic heterocycles. The van der Waals surface area contributed by atoms with Crippen molar-refractivity contribution in [2.45, 2.75) is 0 Å². The topological polar surface area (TPSA) is 46.0 Å². The Balaban J connectivity index is 0.000000179. The third kappa shape index (κ3) is 4.30. The summed E-state index contributed by atoms with van der Waals surface area (Å²) in [5.41, 5.74) is 3.78. The maximum atomic E-state index is 9.31. The maximum Gasteiger partial charge on any atom is 0.141 e. The summed E-state index contributed by atoms with van der Waals surface area (Å²) in [6.07, 6.45) is 1.67. The van der Waals surface area contributed by atoms with Gasteiger partial charge in [0.15, 0.2) is 0 Å². The predicted octanol–water partition coefficient (Wildman–Crippen LogP) is 8.01. The molecule has 1 radical (unpaired) electrons. The Kier molecular flexibility index (Phi) is 6.56. The molecule has 1 N–H and O–H groups in total. The zero-order chi connectivity index (χ0) is 22.9. The van der Waals surface area contributed by atoms with Crippen LogP contribution >= 0.6 is 11.3 Å². The molecule has 0 bridgehead atoms. The van der Waals surface area contributed by atoms with E-state index >= 15 is 0 Å². The van der Waals surface area contributed by atoms with Gasteiger partial charge in [-0.25, -0.2) is 0 Å². The van der Waals surface area contributed by atoms with Crippen molar-refractivity contribution in [1.82, 2.24) is 9.97 Å². The van der Waals surface area contributed by atoms with Gasteiger partial charge in [0.05, 0.1) is 5.52 Å². The van der Waals surface area contributed by atoms with Crippen molar-refractivity contribution in [1.29, 1.82) is 0 Å². The van der Waals surface area contributed by atoms with Gasteiger partial charge in [-0.1, -0.05) is 54.6 Å².